The SMILES string of the molecule is CC(F)(F)c1ccc(Nc2cccc([C@]3(C)CC(=O)N(C4CCOCC4)C(=N)N3)c2Cl)cn1. The molecular formula is C23H26ClF2N5O2. The highest BCUT2D eigenvalue weighted by Gasteiger charge is 2.43. The van der Waals surface area contributed by atoms with Crippen molar-refractivity contribution in [3.8, 4) is 0 Å². The van der Waals surface area contributed by atoms with Crippen molar-refractivity contribution in [2.24, 2.45) is 0 Å². The van der Waals surface area contributed by atoms with Crippen molar-refractivity contribution >= 4 is 34.8 Å². The fourth-order valence-electron chi connectivity index (χ4n) is 4.31. The van der Waals surface area contributed by atoms with Crippen LogP contribution >= 0.6 is 11.6 Å². The van der Waals surface area contributed by atoms with Gasteiger partial charge in [0.1, 0.15) is 5.69 Å². The molecule has 0 aliphatic carbocycles. The normalized spacial score (nSPS) is 22.3. The van der Waals surface area contributed by atoms with Crippen LogP contribution < -0.4 is 10.6 Å². The van der Waals surface area contributed by atoms with Crippen LogP contribution in [0.15, 0.2) is 36.5 Å². The molecule has 2 saturated heterocycles. The highest BCUT2D eigenvalue weighted by atomic mass is 35.5. The second-order valence-corrected chi connectivity index (χ2v) is 9.08. The highest BCUT2D eigenvalue weighted by molar-refractivity contribution is 6.34. The molecule has 2 aromatic rings. The predicted octanol–water partition coefficient (Wildman–Crippen LogP) is 4.74. The van der Waals surface area contributed by atoms with Gasteiger partial charge in [0.15, 0.2) is 5.96 Å². The minimum absolute atomic E-state index is 0.0507. The summed E-state index contributed by atoms with van der Waals surface area (Å²) in [6.45, 7) is 3.78. The zero-order valence-electron chi connectivity index (χ0n) is 18.4. The molecule has 33 heavy (non-hydrogen) atoms. The molecule has 0 unspecified atom stereocenters. The van der Waals surface area contributed by atoms with Gasteiger partial charge in [-0.2, -0.15) is 8.78 Å². The summed E-state index contributed by atoms with van der Waals surface area (Å²) in [4.78, 5) is 18.4. The van der Waals surface area contributed by atoms with E-state index in [0.29, 0.717) is 48.0 Å². The summed E-state index contributed by atoms with van der Waals surface area (Å²) in [5, 5.41) is 15.2. The van der Waals surface area contributed by atoms with Crippen LogP contribution in [-0.2, 0) is 21.0 Å². The molecule has 3 heterocycles. The maximum atomic E-state index is 13.4. The molecule has 0 saturated carbocycles. The summed E-state index contributed by atoms with van der Waals surface area (Å²) in [7, 11) is 0. The van der Waals surface area contributed by atoms with Gasteiger partial charge in [0.05, 0.1) is 34.6 Å². The third kappa shape index (κ3) is 4.79. The topological polar surface area (TPSA) is 90.3 Å². The second-order valence-electron chi connectivity index (χ2n) is 8.70. The molecule has 2 fully saturated rings. The number of pyridine rings is 1. The van der Waals surface area contributed by atoms with Gasteiger partial charge < -0.3 is 15.4 Å². The molecule has 1 atom stereocenters. The Labute approximate surface area is 196 Å². The van der Waals surface area contributed by atoms with Crippen LogP contribution in [-0.4, -0.2) is 41.0 Å². The first kappa shape index (κ1) is 23.4. The number of benzene rings is 1. The summed E-state index contributed by atoms with van der Waals surface area (Å²) < 4.78 is 32.2. The smallest absolute Gasteiger partial charge is 0.286 e. The summed E-state index contributed by atoms with van der Waals surface area (Å²) in [5.74, 6) is -3.11. The molecule has 4 rings (SSSR count). The predicted molar refractivity (Wildman–Crippen MR) is 122 cm³/mol. The molecule has 176 valence electrons. The molecule has 0 radical (unpaired) electrons. The molecule has 1 aromatic carbocycles. The Balaban J connectivity index is 1.55. The van der Waals surface area contributed by atoms with Gasteiger partial charge in [-0.3, -0.25) is 20.1 Å². The molecule has 7 nitrogen and oxygen atoms in total. The summed E-state index contributed by atoms with van der Waals surface area (Å²) in [6.07, 6.45) is 2.85. The first-order chi connectivity index (χ1) is 15.6. The monoisotopic (exact) mass is 477 g/mol. The average Bonchev–Trinajstić information content (AvgIpc) is 2.75. The van der Waals surface area contributed by atoms with Gasteiger partial charge in [-0.1, -0.05) is 23.7 Å². The van der Waals surface area contributed by atoms with Gasteiger partial charge in [-0.05, 0) is 43.5 Å². The largest absolute Gasteiger partial charge is 0.381 e. The molecule has 0 spiro atoms. The van der Waals surface area contributed by atoms with E-state index in [1.54, 1.807) is 12.1 Å². The third-order valence-electron chi connectivity index (χ3n) is 6.05. The lowest BCUT2D eigenvalue weighted by Gasteiger charge is -2.45. The molecule has 1 aromatic heterocycles. The number of anilines is 2. The summed E-state index contributed by atoms with van der Waals surface area (Å²) >= 11 is 6.71. The number of rotatable bonds is 5. The lowest BCUT2D eigenvalue weighted by molar-refractivity contribution is -0.133. The van der Waals surface area contributed by atoms with E-state index in [0.717, 1.165) is 6.92 Å². The van der Waals surface area contributed by atoms with Crippen LogP contribution in [0, 0.1) is 5.41 Å². The third-order valence-corrected chi connectivity index (χ3v) is 6.46. The maximum absolute atomic E-state index is 13.4. The van der Waals surface area contributed by atoms with Crippen molar-refractivity contribution in [3.63, 3.8) is 0 Å². The first-order valence-electron chi connectivity index (χ1n) is 10.8. The van der Waals surface area contributed by atoms with Crippen LogP contribution in [0.2, 0.25) is 5.02 Å². The average molecular weight is 478 g/mol. The summed E-state index contributed by atoms with van der Waals surface area (Å²) in [5.41, 5.74) is 0.498. The van der Waals surface area contributed by atoms with Crippen molar-refractivity contribution < 1.29 is 18.3 Å². The van der Waals surface area contributed by atoms with Crippen LogP contribution in [0.4, 0.5) is 20.2 Å². The van der Waals surface area contributed by atoms with E-state index in [1.807, 2.05) is 13.0 Å². The lowest BCUT2D eigenvalue weighted by Crippen LogP contribution is -2.62. The number of alkyl halides is 2. The zero-order chi connectivity index (χ0) is 23.8. The van der Waals surface area contributed by atoms with Crippen LogP contribution in [0.5, 0.6) is 0 Å². The van der Waals surface area contributed by atoms with E-state index in [4.69, 9.17) is 21.7 Å². The van der Waals surface area contributed by atoms with Crippen molar-refractivity contribution in [3.05, 3.63) is 52.8 Å². The van der Waals surface area contributed by atoms with Gasteiger partial charge in [-0.25, -0.2) is 0 Å². The van der Waals surface area contributed by atoms with E-state index in [1.165, 1.54) is 23.2 Å². The van der Waals surface area contributed by atoms with E-state index in [9.17, 15) is 13.6 Å². The van der Waals surface area contributed by atoms with Gasteiger partial charge in [0, 0.05) is 26.2 Å². The number of nitrogens with one attached hydrogen (secondary N) is 3. The number of amides is 1. The van der Waals surface area contributed by atoms with Gasteiger partial charge >= 0.3 is 0 Å². The van der Waals surface area contributed by atoms with Crippen molar-refractivity contribution in [1.29, 1.82) is 5.41 Å². The van der Waals surface area contributed by atoms with Crippen LogP contribution in [0.25, 0.3) is 0 Å². The Hall–Kier alpha value is -2.78. The van der Waals surface area contributed by atoms with Crippen molar-refractivity contribution in [2.75, 3.05) is 18.5 Å². The van der Waals surface area contributed by atoms with E-state index in [2.05, 4.69) is 15.6 Å². The van der Waals surface area contributed by atoms with Gasteiger partial charge in [0.25, 0.3) is 5.92 Å². The van der Waals surface area contributed by atoms with Crippen LogP contribution in [0.3, 0.4) is 0 Å². The molecular weight excluding hydrogens is 452 g/mol. The Bertz CT molecular complexity index is 1030. The number of carbonyl (C=O) groups is 1. The number of aromatic nitrogens is 1. The zero-order valence-corrected chi connectivity index (χ0v) is 19.2. The number of guanidine groups is 1. The Kier molecular flexibility index (Phi) is 6.28. The molecule has 10 heteroatoms. The molecule has 2 aliphatic heterocycles. The molecule has 2 aliphatic rings. The quantitative estimate of drug-likeness (QED) is 0.578. The number of hydrogen-bond acceptors (Lipinski definition) is 5. The lowest BCUT2D eigenvalue weighted by atomic mass is 9.85. The number of nitrogens with zero attached hydrogens (tertiary/aromatic N) is 2. The standard InChI is InChI=1S/C23H26ClF2N5O2/c1-22(12-19(32)31(21(27)30-22)15-8-10-33-11-9-15)16-4-3-5-17(20(16)24)29-14-6-7-18(28-13-14)23(2,25)26/h3-7,13,15,29H,8-12H2,1-2H3,(H2,27,30)/t22-/m0/s1. The minimum Gasteiger partial charge on any atom is -0.381 e. The van der Waals surface area contributed by atoms with Crippen molar-refractivity contribution in [1.82, 2.24) is 15.2 Å². The van der Waals surface area contributed by atoms with Crippen LogP contribution in [0.1, 0.15) is 44.4 Å². The van der Waals surface area contributed by atoms with E-state index < -0.39 is 11.5 Å². The number of hydrogen-bond donors (Lipinski definition) is 3. The highest BCUT2D eigenvalue weighted by Crippen LogP contribution is 2.39. The fourth-order valence-corrected chi connectivity index (χ4v) is 4.69. The molecule has 1 amide bonds. The molecule has 3 N–H and O–H groups in total. The fraction of sp³-hybridized carbons (Fsp3) is 0.435. The van der Waals surface area contributed by atoms with Gasteiger partial charge in [0.2, 0.25) is 5.91 Å². The Morgan fingerprint density at radius 1 is 1.30 bits per heavy atom. The van der Waals surface area contributed by atoms with Crippen molar-refractivity contribution in [2.45, 2.75) is 50.6 Å². The second kappa shape index (κ2) is 8.87. The number of ether oxygens (including phenoxy) is 1. The number of halogens is 3. The Morgan fingerprint density at radius 3 is 2.64 bits per heavy atom. The number of carbonyl (C=O) groups excluding carboxylic acids is 1. The first-order valence-corrected chi connectivity index (χ1v) is 11.1. The Morgan fingerprint density at radius 2 is 2.03 bits per heavy atom. The maximum Gasteiger partial charge on any atom is 0.286 e. The minimum atomic E-state index is -3.02. The molecule has 0 bridgehead atoms. The van der Waals surface area contributed by atoms with E-state index in [-0.39, 0.29) is 30.0 Å². The van der Waals surface area contributed by atoms with E-state index >= 15 is 0 Å². The summed E-state index contributed by atoms with van der Waals surface area (Å²) in [6, 6.07) is 8.07. The van der Waals surface area contributed by atoms with Gasteiger partial charge in [-0.15, -0.1) is 0 Å².